The highest BCUT2D eigenvalue weighted by Gasteiger charge is 2.21. The Morgan fingerprint density at radius 1 is 1.03 bits per heavy atom. The smallest absolute Gasteiger partial charge is 0.325 e. The summed E-state index contributed by atoms with van der Waals surface area (Å²) in [4.78, 5) is 45.3. The molecule has 0 spiro atoms. The lowest BCUT2D eigenvalue weighted by Gasteiger charge is -2.36. The molecule has 2 aromatic rings. The molecular formula is C21H25N5O4. The largest absolute Gasteiger partial charge is 0.468 e. The molecule has 30 heavy (non-hydrogen) atoms. The molecule has 1 saturated heterocycles. The average Bonchev–Trinajstić information content (AvgIpc) is 2.78. The van der Waals surface area contributed by atoms with Gasteiger partial charge in [-0.05, 0) is 36.4 Å². The van der Waals surface area contributed by atoms with Gasteiger partial charge < -0.3 is 24.8 Å². The number of pyridine rings is 1. The van der Waals surface area contributed by atoms with Crippen molar-refractivity contribution < 1.29 is 19.1 Å². The fourth-order valence-electron chi connectivity index (χ4n) is 3.23. The Hall–Kier alpha value is -3.62. The number of rotatable bonds is 5. The lowest BCUT2D eigenvalue weighted by Crippen LogP contribution is -2.50. The Morgan fingerprint density at radius 3 is 2.23 bits per heavy atom. The Balaban J connectivity index is 1.56. The van der Waals surface area contributed by atoms with Crippen LogP contribution in [0.4, 0.5) is 21.9 Å². The number of hydrogen-bond donors (Lipinski definition) is 1. The zero-order chi connectivity index (χ0) is 21.5. The van der Waals surface area contributed by atoms with Crippen LogP contribution in [0.2, 0.25) is 0 Å². The maximum atomic E-state index is 12.6. The molecule has 1 N–H and O–H groups in total. The van der Waals surface area contributed by atoms with Crippen LogP contribution in [0, 0.1) is 0 Å². The first-order valence-corrected chi connectivity index (χ1v) is 9.64. The van der Waals surface area contributed by atoms with Crippen LogP contribution < -0.4 is 15.1 Å². The number of benzene rings is 1. The summed E-state index contributed by atoms with van der Waals surface area (Å²) >= 11 is 0. The Morgan fingerprint density at radius 2 is 1.67 bits per heavy atom. The lowest BCUT2D eigenvalue weighted by molar-refractivity contribution is -0.139. The maximum absolute atomic E-state index is 12.6. The van der Waals surface area contributed by atoms with Crippen LogP contribution in [0.1, 0.15) is 6.92 Å². The second-order valence-corrected chi connectivity index (χ2v) is 6.84. The van der Waals surface area contributed by atoms with Gasteiger partial charge >= 0.3 is 12.0 Å². The van der Waals surface area contributed by atoms with Gasteiger partial charge in [0, 0.05) is 62.6 Å². The Kier molecular flexibility index (Phi) is 6.84. The van der Waals surface area contributed by atoms with Crippen LogP contribution in [0.25, 0.3) is 0 Å². The van der Waals surface area contributed by atoms with E-state index in [-0.39, 0.29) is 18.5 Å². The van der Waals surface area contributed by atoms with Gasteiger partial charge in [-0.2, -0.15) is 0 Å². The van der Waals surface area contributed by atoms with Gasteiger partial charge in [0.2, 0.25) is 5.91 Å². The van der Waals surface area contributed by atoms with Crippen molar-refractivity contribution in [3.8, 4) is 0 Å². The van der Waals surface area contributed by atoms with Crippen molar-refractivity contribution in [3.05, 3.63) is 48.8 Å². The van der Waals surface area contributed by atoms with Gasteiger partial charge in [-0.1, -0.05) is 0 Å². The fourth-order valence-corrected chi connectivity index (χ4v) is 3.23. The summed E-state index contributed by atoms with van der Waals surface area (Å²) in [5.74, 6) is -0.780. The van der Waals surface area contributed by atoms with Crippen molar-refractivity contribution in [2.24, 2.45) is 0 Å². The predicted molar refractivity (Wildman–Crippen MR) is 114 cm³/mol. The van der Waals surface area contributed by atoms with E-state index in [0.29, 0.717) is 24.5 Å². The summed E-state index contributed by atoms with van der Waals surface area (Å²) in [6, 6.07) is 10.5. The number of hydrogen-bond acceptors (Lipinski definition) is 6. The van der Waals surface area contributed by atoms with Gasteiger partial charge in [0.1, 0.15) is 6.54 Å². The highest BCUT2D eigenvalue weighted by molar-refractivity contribution is 5.96. The first kappa shape index (κ1) is 21.1. The lowest BCUT2D eigenvalue weighted by atomic mass is 10.2. The van der Waals surface area contributed by atoms with E-state index >= 15 is 0 Å². The van der Waals surface area contributed by atoms with Gasteiger partial charge in [-0.15, -0.1) is 0 Å². The summed E-state index contributed by atoms with van der Waals surface area (Å²) in [5, 5.41) is 2.88. The van der Waals surface area contributed by atoms with E-state index in [1.54, 1.807) is 41.6 Å². The summed E-state index contributed by atoms with van der Waals surface area (Å²) in [7, 11) is 1.27. The normalized spacial score (nSPS) is 13.5. The number of piperazine rings is 1. The van der Waals surface area contributed by atoms with Crippen molar-refractivity contribution in [2.45, 2.75) is 6.92 Å². The number of carbonyl (C=O) groups excluding carboxylic acids is 3. The number of esters is 1. The van der Waals surface area contributed by atoms with Gasteiger partial charge in [0.05, 0.1) is 7.11 Å². The van der Waals surface area contributed by atoms with E-state index in [1.807, 2.05) is 12.1 Å². The summed E-state index contributed by atoms with van der Waals surface area (Å²) in [5.41, 5.74) is 2.27. The molecule has 0 unspecified atom stereocenters. The van der Waals surface area contributed by atoms with Crippen molar-refractivity contribution >= 4 is 35.0 Å². The minimum absolute atomic E-state index is 0.167. The molecule has 9 heteroatoms. The molecule has 158 valence electrons. The number of methoxy groups -OCH3 is 1. The molecule has 3 amide bonds. The number of ether oxygens (including phenoxy) is 1. The summed E-state index contributed by atoms with van der Waals surface area (Å²) in [6.45, 7) is 3.94. The highest BCUT2D eigenvalue weighted by Crippen LogP contribution is 2.20. The standard InChI is InChI=1S/C21H25N5O4/c1-16(27)26(15-20(28)30-2)19-5-3-17(4-6-19)23-21(29)25-13-11-24(12-14-25)18-7-9-22-10-8-18/h3-10H,11-15H2,1-2H3,(H,23,29). The first-order valence-electron chi connectivity index (χ1n) is 9.64. The van der Waals surface area contributed by atoms with Gasteiger partial charge in [0.15, 0.2) is 0 Å². The molecule has 9 nitrogen and oxygen atoms in total. The summed E-state index contributed by atoms with van der Waals surface area (Å²) in [6.07, 6.45) is 3.52. The van der Waals surface area contributed by atoms with E-state index < -0.39 is 5.97 Å². The van der Waals surface area contributed by atoms with Crippen LogP contribution in [0.3, 0.4) is 0 Å². The average molecular weight is 411 g/mol. The third-order valence-electron chi connectivity index (χ3n) is 4.92. The molecule has 0 radical (unpaired) electrons. The van der Waals surface area contributed by atoms with Crippen molar-refractivity contribution in [3.63, 3.8) is 0 Å². The number of nitrogens with zero attached hydrogens (tertiary/aromatic N) is 4. The molecule has 2 heterocycles. The Labute approximate surface area is 175 Å². The number of anilines is 3. The van der Waals surface area contributed by atoms with Crippen LogP contribution >= 0.6 is 0 Å². The van der Waals surface area contributed by atoms with E-state index in [4.69, 9.17) is 0 Å². The monoisotopic (exact) mass is 411 g/mol. The number of carbonyl (C=O) groups is 3. The zero-order valence-electron chi connectivity index (χ0n) is 17.1. The molecule has 0 saturated carbocycles. The number of amides is 3. The van der Waals surface area contributed by atoms with Crippen LogP contribution in [-0.2, 0) is 14.3 Å². The number of urea groups is 1. The Bertz CT molecular complexity index is 880. The van der Waals surface area contributed by atoms with Crippen molar-refractivity contribution in [1.82, 2.24) is 9.88 Å². The van der Waals surface area contributed by atoms with E-state index in [0.717, 1.165) is 18.8 Å². The third kappa shape index (κ3) is 5.25. The van der Waals surface area contributed by atoms with Gasteiger partial charge in [-0.3, -0.25) is 14.6 Å². The van der Waals surface area contributed by atoms with Crippen molar-refractivity contribution in [2.75, 3.05) is 55.0 Å². The molecule has 1 aliphatic heterocycles. The molecule has 0 atom stereocenters. The second kappa shape index (κ2) is 9.73. The molecule has 1 fully saturated rings. The van der Waals surface area contributed by atoms with Crippen LogP contribution in [-0.4, -0.2) is 67.6 Å². The SMILES string of the molecule is COC(=O)CN(C(C)=O)c1ccc(NC(=O)N2CCN(c3ccncc3)CC2)cc1. The van der Waals surface area contributed by atoms with E-state index in [1.165, 1.54) is 18.9 Å². The maximum Gasteiger partial charge on any atom is 0.325 e. The minimum Gasteiger partial charge on any atom is -0.468 e. The van der Waals surface area contributed by atoms with Gasteiger partial charge in [0.25, 0.3) is 0 Å². The first-order chi connectivity index (χ1) is 14.5. The third-order valence-corrected chi connectivity index (χ3v) is 4.92. The molecule has 3 rings (SSSR count). The molecule has 1 aromatic heterocycles. The molecule has 1 aromatic carbocycles. The quantitative estimate of drug-likeness (QED) is 0.756. The zero-order valence-corrected chi connectivity index (χ0v) is 17.1. The molecule has 0 bridgehead atoms. The van der Waals surface area contributed by atoms with E-state index in [2.05, 4.69) is 19.9 Å². The molecule has 0 aliphatic carbocycles. The topological polar surface area (TPSA) is 95.1 Å². The van der Waals surface area contributed by atoms with Crippen LogP contribution in [0.5, 0.6) is 0 Å². The van der Waals surface area contributed by atoms with Crippen LogP contribution in [0.15, 0.2) is 48.8 Å². The second-order valence-electron chi connectivity index (χ2n) is 6.84. The number of nitrogens with one attached hydrogen (secondary N) is 1. The molecule has 1 aliphatic rings. The predicted octanol–water partition coefficient (Wildman–Crippen LogP) is 1.96. The fraction of sp³-hybridized carbons (Fsp3) is 0.333. The van der Waals surface area contributed by atoms with Gasteiger partial charge in [-0.25, -0.2) is 4.79 Å². The van der Waals surface area contributed by atoms with Crippen molar-refractivity contribution in [1.29, 1.82) is 0 Å². The van der Waals surface area contributed by atoms with E-state index in [9.17, 15) is 14.4 Å². The molecular weight excluding hydrogens is 386 g/mol. The highest BCUT2D eigenvalue weighted by atomic mass is 16.5. The number of aromatic nitrogens is 1. The summed E-state index contributed by atoms with van der Waals surface area (Å²) < 4.78 is 4.63. The minimum atomic E-state index is -0.506.